The van der Waals surface area contributed by atoms with Crippen molar-refractivity contribution in [3.05, 3.63) is 62.6 Å². The maximum atomic E-state index is 13.0. The summed E-state index contributed by atoms with van der Waals surface area (Å²) >= 11 is 0. The summed E-state index contributed by atoms with van der Waals surface area (Å²) in [5.74, 6) is -2.24. The minimum absolute atomic E-state index is 0.0368. The maximum Gasteiger partial charge on any atom is 0.312 e. The molecule has 1 N–H and O–H groups in total. The van der Waals surface area contributed by atoms with Gasteiger partial charge in [0.1, 0.15) is 5.56 Å². The standard InChI is InChI=1S/C18H19N3O4/c1-10-11(2)19-20(3)16(22)15(10)17(23)21-8-12-6-4-5-7-13(12)14(9-21)18(24)25/h4-7,14H,8-9H2,1-3H3,(H,24,25). The van der Waals surface area contributed by atoms with E-state index in [4.69, 9.17) is 0 Å². The van der Waals surface area contributed by atoms with Crippen molar-refractivity contribution in [1.82, 2.24) is 14.7 Å². The molecule has 0 saturated carbocycles. The summed E-state index contributed by atoms with van der Waals surface area (Å²) in [5, 5.41) is 13.6. The van der Waals surface area contributed by atoms with Crippen molar-refractivity contribution in [3.8, 4) is 0 Å². The second kappa shape index (κ2) is 6.16. The van der Waals surface area contributed by atoms with Crippen LogP contribution in [-0.4, -0.2) is 38.2 Å². The Labute approximate surface area is 144 Å². The number of aromatic nitrogens is 2. The fourth-order valence-electron chi connectivity index (χ4n) is 3.23. The van der Waals surface area contributed by atoms with Crippen LogP contribution in [0.15, 0.2) is 29.1 Å². The maximum absolute atomic E-state index is 13.0. The van der Waals surface area contributed by atoms with Gasteiger partial charge in [0.05, 0.1) is 11.6 Å². The van der Waals surface area contributed by atoms with Gasteiger partial charge in [-0.2, -0.15) is 5.10 Å². The van der Waals surface area contributed by atoms with Crippen LogP contribution in [0.4, 0.5) is 0 Å². The molecule has 3 rings (SSSR count). The molecule has 1 unspecified atom stereocenters. The van der Waals surface area contributed by atoms with Crippen molar-refractivity contribution in [1.29, 1.82) is 0 Å². The van der Waals surface area contributed by atoms with Gasteiger partial charge in [-0.15, -0.1) is 0 Å². The molecular weight excluding hydrogens is 322 g/mol. The largest absolute Gasteiger partial charge is 0.481 e. The van der Waals surface area contributed by atoms with Crippen LogP contribution < -0.4 is 5.56 Å². The highest BCUT2D eigenvalue weighted by atomic mass is 16.4. The number of carboxylic acid groups (broad SMARTS) is 1. The van der Waals surface area contributed by atoms with Crippen LogP contribution in [0.5, 0.6) is 0 Å². The van der Waals surface area contributed by atoms with Crippen LogP contribution in [-0.2, 0) is 18.4 Å². The lowest BCUT2D eigenvalue weighted by Gasteiger charge is -2.33. The second-order valence-electron chi connectivity index (χ2n) is 6.29. The third-order valence-corrected chi connectivity index (χ3v) is 4.72. The molecule has 0 bridgehead atoms. The molecule has 0 saturated heterocycles. The molecule has 0 spiro atoms. The molecule has 0 radical (unpaired) electrons. The van der Waals surface area contributed by atoms with Gasteiger partial charge in [0.25, 0.3) is 11.5 Å². The SMILES string of the molecule is Cc1nn(C)c(=O)c(C(=O)N2Cc3ccccc3C(C(=O)O)C2)c1C. The Morgan fingerprint density at radius 1 is 1.24 bits per heavy atom. The van der Waals surface area contributed by atoms with E-state index in [1.54, 1.807) is 26.0 Å². The van der Waals surface area contributed by atoms with Gasteiger partial charge in [-0.3, -0.25) is 14.4 Å². The Hall–Kier alpha value is -2.96. The first kappa shape index (κ1) is 16.9. The fraction of sp³-hybridized carbons (Fsp3) is 0.333. The molecule has 1 aliphatic rings. The molecule has 2 heterocycles. The Balaban J connectivity index is 2.06. The molecule has 2 aromatic rings. The van der Waals surface area contributed by atoms with Gasteiger partial charge in [-0.1, -0.05) is 24.3 Å². The molecule has 7 heteroatoms. The predicted molar refractivity (Wildman–Crippen MR) is 90.5 cm³/mol. The number of hydrogen-bond donors (Lipinski definition) is 1. The van der Waals surface area contributed by atoms with E-state index >= 15 is 0 Å². The van der Waals surface area contributed by atoms with Crippen LogP contribution in [0.25, 0.3) is 0 Å². The minimum atomic E-state index is -0.986. The number of hydrogen-bond acceptors (Lipinski definition) is 4. The molecule has 1 aromatic heterocycles. The third-order valence-electron chi connectivity index (χ3n) is 4.72. The molecule has 1 aliphatic heterocycles. The zero-order chi connectivity index (χ0) is 18.3. The first-order valence-corrected chi connectivity index (χ1v) is 7.95. The van der Waals surface area contributed by atoms with Gasteiger partial charge in [0.15, 0.2) is 0 Å². The van der Waals surface area contributed by atoms with E-state index in [2.05, 4.69) is 5.10 Å². The van der Waals surface area contributed by atoms with Crippen molar-refractivity contribution < 1.29 is 14.7 Å². The number of aryl methyl sites for hydroxylation is 2. The van der Waals surface area contributed by atoms with Gasteiger partial charge in [0, 0.05) is 20.1 Å². The number of carbonyl (C=O) groups excluding carboxylic acids is 1. The van der Waals surface area contributed by atoms with Crippen LogP contribution in [0.2, 0.25) is 0 Å². The van der Waals surface area contributed by atoms with Gasteiger partial charge in [-0.05, 0) is 30.5 Å². The Bertz CT molecular complexity index is 932. The molecule has 0 fully saturated rings. The van der Waals surface area contributed by atoms with Crippen molar-refractivity contribution in [2.45, 2.75) is 26.3 Å². The Morgan fingerprint density at radius 3 is 2.60 bits per heavy atom. The van der Waals surface area contributed by atoms with Crippen LogP contribution >= 0.6 is 0 Å². The first-order chi connectivity index (χ1) is 11.8. The lowest BCUT2D eigenvalue weighted by molar-refractivity contribution is -0.139. The molecule has 130 valence electrons. The molecule has 25 heavy (non-hydrogen) atoms. The Kier molecular flexibility index (Phi) is 4.16. The van der Waals surface area contributed by atoms with E-state index in [1.165, 1.54) is 11.9 Å². The average molecular weight is 341 g/mol. The highest BCUT2D eigenvalue weighted by Crippen LogP contribution is 2.29. The number of carboxylic acids is 1. The summed E-state index contributed by atoms with van der Waals surface area (Å²) in [6, 6.07) is 7.19. The van der Waals surface area contributed by atoms with Crippen LogP contribution in [0, 0.1) is 13.8 Å². The van der Waals surface area contributed by atoms with Crippen molar-refractivity contribution in [2.24, 2.45) is 7.05 Å². The fourth-order valence-corrected chi connectivity index (χ4v) is 3.23. The summed E-state index contributed by atoms with van der Waals surface area (Å²) in [5.41, 5.74) is 2.21. The minimum Gasteiger partial charge on any atom is -0.481 e. The van der Waals surface area contributed by atoms with E-state index in [9.17, 15) is 19.5 Å². The quantitative estimate of drug-likeness (QED) is 0.887. The molecule has 1 amide bonds. The normalized spacial score (nSPS) is 16.4. The number of fused-ring (bicyclic) bond motifs is 1. The second-order valence-corrected chi connectivity index (χ2v) is 6.29. The lowest BCUT2D eigenvalue weighted by atomic mass is 9.89. The topological polar surface area (TPSA) is 92.5 Å². The number of benzene rings is 1. The smallest absolute Gasteiger partial charge is 0.312 e. The van der Waals surface area contributed by atoms with E-state index in [0.29, 0.717) is 11.3 Å². The summed E-state index contributed by atoms with van der Waals surface area (Å²) in [4.78, 5) is 38.5. The van der Waals surface area contributed by atoms with E-state index in [0.717, 1.165) is 15.8 Å². The highest BCUT2D eigenvalue weighted by Gasteiger charge is 2.34. The number of amides is 1. The summed E-state index contributed by atoms with van der Waals surface area (Å²) in [6.45, 7) is 3.73. The number of carbonyl (C=O) groups is 2. The van der Waals surface area contributed by atoms with E-state index in [1.807, 2.05) is 12.1 Å². The van der Waals surface area contributed by atoms with Gasteiger partial charge in [0.2, 0.25) is 0 Å². The van der Waals surface area contributed by atoms with Crippen LogP contribution in [0.1, 0.15) is 38.7 Å². The molecule has 0 aliphatic carbocycles. The monoisotopic (exact) mass is 341 g/mol. The van der Waals surface area contributed by atoms with Crippen molar-refractivity contribution >= 4 is 11.9 Å². The average Bonchev–Trinajstić information content (AvgIpc) is 2.59. The number of aliphatic carboxylic acids is 1. The first-order valence-electron chi connectivity index (χ1n) is 7.95. The summed E-state index contributed by atoms with van der Waals surface area (Å²) in [6.07, 6.45) is 0. The van der Waals surface area contributed by atoms with Gasteiger partial charge < -0.3 is 10.0 Å². The number of rotatable bonds is 2. The molecule has 7 nitrogen and oxygen atoms in total. The summed E-state index contributed by atoms with van der Waals surface area (Å²) < 4.78 is 1.14. The summed E-state index contributed by atoms with van der Waals surface area (Å²) in [7, 11) is 1.50. The van der Waals surface area contributed by atoms with Gasteiger partial charge >= 0.3 is 5.97 Å². The molecular formula is C18H19N3O4. The zero-order valence-electron chi connectivity index (χ0n) is 14.3. The van der Waals surface area contributed by atoms with E-state index < -0.39 is 23.4 Å². The lowest BCUT2D eigenvalue weighted by Crippen LogP contribution is -2.43. The van der Waals surface area contributed by atoms with Gasteiger partial charge in [-0.25, -0.2) is 4.68 Å². The highest BCUT2D eigenvalue weighted by molar-refractivity contribution is 5.96. The number of nitrogens with zero attached hydrogens (tertiary/aromatic N) is 3. The predicted octanol–water partition coefficient (Wildman–Crippen LogP) is 1.22. The Morgan fingerprint density at radius 2 is 1.92 bits per heavy atom. The van der Waals surface area contributed by atoms with Crippen LogP contribution in [0.3, 0.4) is 0 Å². The third kappa shape index (κ3) is 2.82. The van der Waals surface area contributed by atoms with Crippen molar-refractivity contribution in [2.75, 3.05) is 6.54 Å². The molecule has 1 aromatic carbocycles. The zero-order valence-corrected chi connectivity index (χ0v) is 14.3. The molecule has 1 atom stereocenters. The van der Waals surface area contributed by atoms with E-state index in [-0.39, 0.29) is 18.7 Å². The van der Waals surface area contributed by atoms with Crippen molar-refractivity contribution in [3.63, 3.8) is 0 Å².